The van der Waals surface area contributed by atoms with Gasteiger partial charge in [0.2, 0.25) is 0 Å². The largest absolute Gasteiger partial charge is 0.480 e. The lowest BCUT2D eigenvalue weighted by atomic mass is 9.86. The van der Waals surface area contributed by atoms with E-state index in [9.17, 15) is 9.59 Å². The molecule has 0 spiro atoms. The molecule has 3 atom stereocenters. The summed E-state index contributed by atoms with van der Waals surface area (Å²) >= 11 is 0. The molecule has 3 unspecified atom stereocenters. The van der Waals surface area contributed by atoms with Gasteiger partial charge in [0.15, 0.2) is 0 Å². The van der Waals surface area contributed by atoms with Crippen molar-refractivity contribution in [2.75, 3.05) is 13.7 Å². The van der Waals surface area contributed by atoms with Crippen molar-refractivity contribution in [2.24, 2.45) is 5.92 Å². The van der Waals surface area contributed by atoms with Crippen molar-refractivity contribution in [3.63, 3.8) is 0 Å². The van der Waals surface area contributed by atoms with Crippen LogP contribution in [0.1, 0.15) is 39.0 Å². The van der Waals surface area contributed by atoms with Crippen molar-refractivity contribution in [1.82, 2.24) is 10.2 Å². The molecule has 0 aromatic carbocycles. The Morgan fingerprint density at radius 2 is 2.11 bits per heavy atom. The Labute approximate surface area is 113 Å². The van der Waals surface area contributed by atoms with Crippen molar-refractivity contribution < 1.29 is 19.8 Å². The molecule has 110 valence electrons. The first-order valence-electron chi connectivity index (χ1n) is 6.82. The van der Waals surface area contributed by atoms with Crippen LogP contribution < -0.4 is 5.32 Å². The summed E-state index contributed by atoms with van der Waals surface area (Å²) in [5.74, 6) is -0.519. The summed E-state index contributed by atoms with van der Waals surface area (Å²) < 4.78 is 0. The summed E-state index contributed by atoms with van der Waals surface area (Å²) in [6.45, 7) is 1.91. The van der Waals surface area contributed by atoms with E-state index in [0.29, 0.717) is 5.92 Å². The molecule has 0 bridgehead atoms. The third kappa shape index (κ3) is 4.70. The molecule has 2 amide bonds. The number of rotatable bonds is 5. The van der Waals surface area contributed by atoms with Gasteiger partial charge in [-0.05, 0) is 18.8 Å². The molecule has 1 aliphatic rings. The fourth-order valence-electron chi connectivity index (χ4n) is 2.56. The topological polar surface area (TPSA) is 89.9 Å². The van der Waals surface area contributed by atoms with Gasteiger partial charge in [0.25, 0.3) is 0 Å². The molecule has 0 heterocycles. The second-order valence-corrected chi connectivity index (χ2v) is 5.39. The molecule has 0 aliphatic heterocycles. The lowest BCUT2D eigenvalue weighted by Crippen LogP contribution is -2.50. The Bertz CT molecular complexity index is 322. The summed E-state index contributed by atoms with van der Waals surface area (Å²) in [6, 6.07) is -1.23. The number of aliphatic carboxylic acids is 1. The number of hydrogen-bond donors (Lipinski definition) is 3. The van der Waals surface area contributed by atoms with Crippen LogP contribution in [0.4, 0.5) is 4.79 Å². The number of carboxylic acids is 1. The maximum absolute atomic E-state index is 12.0. The predicted octanol–water partition coefficient (Wildman–Crippen LogP) is 1.04. The predicted molar refractivity (Wildman–Crippen MR) is 70.8 cm³/mol. The van der Waals surface area contributed by atoms with E-state index in [-0.39, 0.29) is 25.1 Å². The van der Waals surface area contributed by atoms with Gasteiger partial charge in [0, 0.05) is 26.1 Å². The molecule has 1 saturated carbocycles. The summed E-state index contributed by atoms with van der Waals surface area (Å²) in [5.41, 5.74) is 0. The molecule has 6 nitrogen and oxygen atoms in total. The molecule has 0 aromatic heterocycles. The van der Waals surface area contributed by atoms with Crippen molar-refractivity contribution in [2.45, 2.75) is 51.1 Å². The van der Waals surface area contributed by atoms with Gasteiger partial charge in [-0.25, -0.2) is 9.59 Å². The number of amides is 2. The van der Waals surface area contributed by atoms with E-state index in [0.717, 1.165) is 19.3 Å². The van der Waals surface area contributed by atoms with Crippen LogP contribution in [0.2, 0.25) is 0 Å². The molecular formula is C13H24N2O4. The van der Waals surface area contributed by atoms with Crippen LogP contribution in [0, 0.1) is 5.92 Å². The van der Waals surface area contributed by atoms with E-state index in [4.69, 9.17) is 10.2 Å². The minimum atomic E-state index is -1.12. The summed E-state index contributed by atoms with van der Waals surface area (Å²) in [6.07, 6.45) is 4.24. The zero-order valence-electron chi connectivity index (χ0n) is 11.6. The van der Waals surface area contributed by atoms with Crippen molar-refractivity contribution in [3.05, 3.63) is 0 Å². The first-order chi connectivity index (χ1) is 8.95. The van der Waals surface area contributed by atoms with Crippen molar-refractivity contribution in [3.8, 4) is 0 Å². The highest BCUT2D eigenvalue weighted by atomic mass is 16.4. The number of urea groups is 1. The van der Waals surface area contributed by atoms with Crippen LogP contribution in [-0.2, 0) is 4.79 Å². The van der Waals surface area contributed by atoms with Gasteiger partial charge in [-0.2, -0.15) is 0 Å². The molecule has 1 aliphatic carbocycles. The second kappa shape index (κ2) is 7.33. The number of nitrogens with one attached hydrogen (secondary N) is 1. The van der Waals surface area contributed by atoms with Gasteiger partial charge in [-0.15, -0.1) is 0 Å². The van der Waals surface area contributed by atoms with Gasteiger partial charge < -0.3 is 20.4 Å². The van der Waals surface area contributed by atoms with Crippen LogP contribution in [-0.4, -0.2) is 52.9 Å². The van der Waals surface area contributed by atoms with E-state index >= 15 is 0 Å². The van der Waals surface area contributed by atoms with Gasteiger partial charge in [-0.1, -0.05) is 19.8 Å². The van der Waals surface area contributed by atoms with Gasteiger partial charge in [0.1, 0.15) is 6.04 Å². The average molecular weight is 272 g/mol. The van der Waals surface area contributed by atoms with E-state index in [1.807, 2.05) is 0 Å². The molecule has 1 rings (SSSR count). The van der Waals surface area contributed by atoms with E-state index < -0.39 is 12.0 Å². The maximum atomic E-state index is 12.0. The fourth-order valence-corrected chi connectivity index (χ4v) is 2.56. The fraction of sp³-hybridized carbons (Fsp3) is 0.846. The average Bonchev–Trinajstić information content (AvgIpc) is 2.37. The van der Waals surface area contributed by atoms with Crippen LogP contribution >= 0.6 is 0 Å². The zero-order valence-corrected chi connectivity index (χ0v) is 11.6. The van der Waals surface area contributed by atoms with Crippen LogP contribution in [0.3, 0.4) is 0 Å². The molecule has 3 N–H and O–H groups in total. The Kier molecular flexibility index (Phi) is 6.08. The summed E-state index contributed by atoms with van der Waals surface area (Å²) in [5, 5.41) is 20.2. The number of carbonyl (C=O) groups excluding carboxylic acids is 1. The minimum Gasteiger partial charge on any atom is -0.480 e. The van der Waals surface area contributed by atoms with Crippen molar-refractivity contribution in [1.29, 1.82) is 0 Å². The highest BCUT2D eigenvalue weighted by Gasteiger charge is 2.27. The Hall–Kier alpha value is -1.30. The Balaban J connectivity index is 2.53. The zero-order chi connectivity index (χ0) is 14.4. The quantitative estimate of drug-likeness (QED) is 0.697. The van der Waals surface area contributed by atoms with Gasteiger partial charge >= 0.3 is 12.0 Å². The molecule has 0 radical (unpaired) electrons. The second-order valence-electron chi connectivity index (χ2n) is 5.39. The lowest BCUT2D eigenvalue weighted by molar-refractivity contribution is -0.139. The summed E-state index contributed by atoms with van der Waals surface area (Å²) in [7, 11) is 1.70. The van der Waals surface area contributed by atoms with Crippen molar-refractivity contribution >= 4 is 12.0 Å². The molecule has 1 fully saturated rings. The normalized spacial score (nSPS) is 24.6. The molecular weight excluding hydrogens is 248 g/mol. The molecule has 0 aromatic rings. The van der Waals surface area contributed by atoms with E-state index in [2.05, 4.69) is 12.2 Å². The first kappa shape index (κ1) is 15.8. The minimum absolute atomic E-state index is 0.0238. The third-order valence-electron chi connectivity index (χ3n) is 3.79. The monoisotopic (exact) mass is 272 g/mol. The number of aliphatic hydroxyl groups excluding tert-OH is 1. The number of nitrogens with zero attached hydrogens (tertiary/aromatic N) is 1. The molecule has 0 saturated heterocycles. The highest BCUT2D eigenvalue weighted by molar-refractivity contribution is 5.82. The van der Waals surface area contributed by atoms with Crippen LogP contribution in [0.15, 0.2) is 0 Å². The van der Waals surface area contributed by atoms with Gasteiger partial charge in [-0.3, -0.25) is 0 Å². The molecule has 19 heavy (non-hydrogen) atoms. The van der Waals surface area contributed by atoms with E-state index in [1.165, 1.54) is 6.42 Å². The first-order valence-corrected chi connectivity index (χ1v) is 6.82. The lowest BCUT2D eigenvalue weighted by Gasteiger charge is -2.34. The number of carboxylic acid groups (broad SMARTS) is 1. The highest BCUT2D eigenvalue weighted by Crippen LogP contribution is 2.26. The Morgan fingerprint density at radius 3 is 2.63 bits per heavy atom. The third-order valence-corrected chi connectivity index (χ3v) is 3.79. The smallest absolute Gasteiger partial charge is 0.326 e. The van der Waals surface area contributed by atoms with Crippen LogP contribution in [0.5, 0.6) is 0 Å². The number of carbonyl (C=O) groups is 2. The number of aliphatic hydroxyl groups is 1. The summed E-state index contributed by atoms with van der Waals surface area (Å²) in [4.78, 5) is 24.5. The van der Waals surface area contributed by atoms with E-state index in [1.54, 1.807) is 11.9 Å². The maximum Gasteiger partial charge on any atom is 0.326 e. The Morgan fingerprint density at radius 1 is 1.42 bits per heavy atom. The number of hydrogen-bond acceptors (Lipinski definition) is 3. The SMILES string of the molecule is CC1CCCC(N(C)C(=O)NC(CCO)C(=O)O)C1. The molecule has 6 heteroatoms. The van der Waals surface area contributed by atoms with Gasteiger partial charge in [0.05, 0.1) is 0 Å². The van der Waals surface area contributed by atoms with Crippen LogP contribution in [0.25, 0.3) is 0 Å². The standard InChI is InChI=1S/C13H24N2O4/c1-9-4-3-5-10(8-9)15(2)13(19)14-11(6-7-16)12(17)18/h9-11,16H,3-8H2,1-2H3,(H,14,19)(H,17,18).